The van der Waals surface area contributed by atoms with Gasteiger partial charge >= 0.3 is 5.97 Å². The molecule has 6 heteroatoms. The third kappa shape index (κ3) is 4.51. The first-order valence-corrected chi connectivity index (χ1v) is 5.96. The van der Waals surface area contributed by atoms with Gasteiger partial charge in [0.25, 0.3) is 0 Å². The highest BCUT2D eigenvalue weighted by Crippen LogP contribution is 2.15. The number of nitrogens with two attached hydrogens (primary N) is 1. The van der Waals surface area contributed by atoms with Crippen molar-refractivity contribution in [3.8, 4) is 0 Å². The molecule has 5 nitrogen and oxygen atoms in total. The number of thiocarbonyl (C=S) groups is 1. The first-order valence-electron chi connectivity index (χ1n) is 5.55. The van der Waals surface area contributed by atoms with E-state index in [4.69, 9.17) is 10.5 Å². The van der Waals surface area contributed by atoms with Gasteiger partial charge in [-0.25, -0.2) is 9.79 Å². The van der Waals surface area contributed by atoms with E-state index in [1.54, 1.807) is 37.3 Å². The largest absolute Gasteiger partial charge is 0.506 e. The van der Waals surface area contributed by atoms with Crippen LogP contribution in [0.3, 0.4) is 0 Å². The Bertz CT molecular complexity index is 524. The van der Waals surface area contributed by atoms with Crippen LogP contribution in [-0.4, -0.2) is 29.0 Å². The predicted molar refractivity (Wildman–Crippen MR) is 77.9 cm³/mol. The molecular weight excluding hydrogens is 264 g/mol. The van der Waals surface area contributed by atoms with E-state index in [9.17, 15) is 9.90 Å². The minimum Gasteiger partial charge on any atom is -0.506 e. The number of aliphatic hydroxyl groups is 1. The normalized spacial score (nSPS) is 12.1. The van der Waals surface area contributed by atoms with Crippen LogP contribution in [0.4, 0.5) is 0 Å². The van der Waals surface area contributed by atoms with Gasteiger partial charge in [0.2, 0.25) is 0 Å². The average Bonchev–Trinajstić information content (AvgIpc) is 2.39. The van der Waals surface area contributed by atoms with Gasteiger partial charge in [-0.05, 0) is 19.1 Å². The van der Waals surface area contributed by atoms with Gasteiger partial charge in [-0.1, -0.05) is 30.3 Å². The molecule has 0 aromatic heterocycles. The van der Waals surface area contributed by atoms with Crippen LogP contribution >= 0.6 is 12.2 Å². The summed E-state index contributed by atoms with van der Waals surface area (Å²) < 4.78 is 4.85. The maximum Gasteiger partial charge on any atom is 0.343 e. The van der Waals surface area contributed by atoms with E-state index in [1.807, 2.05) is 0 Å². The van der Waals surface area contributed by atoms with Crippen molar-refractivity contribution in [3.05, 3.63) is 41.5 Å². The van der Waals surface area contributed by atoms with Crippen molar-refractivity contribution in [1.82, 2.24) is 0 Å². The van der Waals surface area contributed by atoms with Crippen LogP contribution in [0.25, 0.3) is 5.76 Å². The van der Waals surface area contributed by atoms with Crippen molar-refractivity contribution < 1.29 is 14.6 Å². The molecule has 0 amide bonds. The number of nitrogens with zero attached hydrogens (tertiary/aromatic N) is 1. The Balaban J connectivity index is 3.21. The predicted octanol–water partition coefficient (Wildman–Crippen LogP) is 1.83. The van der Waals surface area contributed by atoms with Gasteiger partial charge in [-0.3, -0.25) is 0 Å². The number of benzene rings is 1. The number of ether oxygens (including phenoxy) is 1. The fourth-order valence-electron chi connectivity index (χ4n) is 1.30. The van der Waals surface area contributed by atoms with E-state index in [0.29, 0.717) is 5.56 Å². The zero-order valence-electron chi connectivity index (χ0n) is 10.4. The molecule has 0 unspecified atom stereocenters. The van der Waals surface area contributed by atoms with Crippen LogP contribution in [0.5, 0.6) is 0 Å². The van der Waals surface area contributed by atoms with Crippen molar-refractivity contribution in [2.45, 2.75) is 6.92 Å². The molecular formula is C13H14N2O3S. The highest BCUT2D eigenvalue weighted by Gasteiger charge is 2.16. The van der Waals surface area contributed by atoms with Gasteiger partial charge in [0, 0.05) is 11.8 Å². The molecule has 19 heavy (non-hydrogen) atoms. The van der Waals surface area contributed by atoms with Gasteiger partial charge in [0.05, 0.1) is 6.61 Å². The lowest BCUT2D eigenvalue weighted by molar-refractivity contribution is -0.137. The molecule has 0 saturated carbocycles. The Morgan fingerprint density at radius 1 is 1.47 bits per heavy atom. The van der Waals surface area contributed by atoms with Crippen LogP contribution in [0.15, 0.2) is 40.9 Å². The van der Waals surface area contributed by atoms with E-state index in [0.717, 1.165) is 6.21 Å². The van der Waals surface area contributed by atoms with Crippen molar-refractivity contribution >= 4 is 35.3 Å². The van der Waals surface area contributed by atoms with E-state index in [2.05, 4.69) is 17.2 Å². The average molecular weight is 278 g/mol. The van der Waals surface area contributed by atoms with Crippen LogP contribution < -0.4 is 5.73 Å². The summed E-state index contributed by atoms with van der Waals surface area (Å²) in [5, 5.41) is 9.96. The molecule has 0 fully saturated rings. The van der Waals surface area contributed by atoms with Crippen molar-refractivity contribution in [2.24, 2.45) is 10.7 Å². The fourth-order valence-corrected chi connectivity index (χ4v) is 1.35. The number of hydrogen-bond acceptors (Lipinski definition) is 4. The second-order valence-corrected chi connectivity index (χ2v) is 3.86. The third-order valence-corrected chi connectivity index (χ3v) is 2.22. The Morgan fingerprint density at radius 2 is 2.11 bits per heavy atom. The first-order chi connectivity index (χ1) is 9.06. The molecule has 1 aromatic rings. The number of rotatable bonds is 4. The summed E-state index contributed by atoms with van der Waals surface area (Å²) in [4.78, 5) is 15.4. The molecule has 100 valence electrons. The highest BCUT2D eigenvalue weighted by molar-refractivity contribution is 7.80. The van der Waals surface area contributed by atoms with Crippen molar-refractivity contribution in [3.63, 3.8) is 0 Å². The number of aliphatic hydroxyl groups excluding tert-OH is 1. The number of carbonyl (C=O) groups excluding carboxylic acids is 1. The Kier molecular flexibility index (Phi) is 5.69. The number of esters is 1. The van der Waals surface area contributed by atoms with Gasteiger partial charge < -0.3 is 15.6 Å². The standard InChI is InChI=1S/C13H14N2O3S/c1-2-18-12(17)10(8-15-13(14)19)11(16)9-6-4-3-5-7-9/h3-8,16H,2H2,1H3,(H2,14,19)/b11-10+,15-8-. The molecule has 0 aliphatic heterocycles. The molecule has 1 rings (SSSR count). The summed E-state index contributed by atoms with van der Waals surface area (Å²) in [6.45, 7) is 1.85. The first kappa shape index (κ1) is 14.8. The minimum atomic E-state index is -0.691. The lowest BCUT2D eigenvalue weighted by Crippen LogP contribution is -2.13. The molecule has 0 aliphatic carbocycles. The molecule has 0 radical (unpaired) electrons. The molecule has 0 bridgehead atoms. The van der Waals surface area contributed by atoms with E-state index >= 15 is 0 Å². The molecule has 0 saturated heterocycles. The van der Waals surface area contributed by atoms with Crippen LogP contribution in [0, 0.1) is 0 Å². The zero-order valence-corrected chi connectivity index (χ0v) is 11.2. The monoisotopic (exact) mass is 278 g/mol. The topological polar surface area (TPSA) is 84.9 Å². The van der Waals surface area contributed by atoms with Gasteiger partial charge in [-0.2, -0.15) is 0 Å². The molecule has 0 spiro atoms. The minimum absolute atomic E-state index is 0.0964. The fraction of sp³-hybridized carbons (Fsp3) is 0.154. The lowest BCUT2D eigenvalue weighted by atomic mass is 10.1. The molecule has 0 atom stereocenters. The number of aliphatic imine (C=N–C) groups is 1. The van der Waals surface area contributed by atoms with Crippen LogP contribution in [-0.2, 0) is 9.53 Å². The second-order valence-electron chi connectivity index (χ2n) is 3.45. The van der Waals surface area contributed by atoms with Gasteiger partial charge in [0.1, 0.15) is 11.3 Å². The number of carbonyl (C=O) groups is 1. The van der Waals surface area contributed by atoms with E-state index in [-0.39, 0.29) is 23.1 Å². The van der Waals surface area contributed by atoms with E-state index < -0.39 is 5.97 Å². The SMILES string of the molecule is CCOC(=O)C(/C=N\C(N)=S)=C(/O)c1ccccc1. The van der Waals surface area contributed by atoms with E-state index in [1.165, 1.54) is 0 Å². The van der Waals surface area contributed by atoms with Gasteiger partial charge in [0.15, 0.2) is 5.11 Å². The third-order valence-electron chi connectivity index (χ3n) is 2.12. The molecule has 3 N–H and O–H groups in total. The summed E-state index contributed by atoms with van der Waals surface area (Å²) in [6, 6.07) is 8.58. The summed E-state index contributed by atoms with van der Waals surface area (Å²) in [7, 11) is 0. The lowest BCUT2D eigenvalue weighted by Gasteiger charge is -2.06. The quantitative estimate of drug-likeness (QED) is 0.288. The second kappa shape index (κ2) is 7.27. The maximum atomic E-state index is 11.8. The number of hydrogen-bond donors (Lipinski definition) is 2. The Morgan fingerprint density at radius 3 is 2.63 bits per heavy atom. The summed E-state index contributed by atoms with van der Waals surface area (Å²) >= 11 is 4.59. The smallest absolute Gasteiger partial charge is 0.343 e. The zero-order chi connectivity index (χ0) is 14.3. The van der Waals surface area contributed by atoms with Crippen LogP contribution in [0.1, 0.15) is 12.5 Å². The summed E-state index contributed by atoms with van der Waals surface area (Å²) in [5.41, 5.74) is 5.61. The Labute approximate surface area is 116 Å². The maximum absolute atomic E-state index is 11.8. The van der Waals surface area contributed by atoms with Crippen molar-refractivity contribution in [2.75, 3.05) is 6.61 Å². The molecule has 1 aromatic carbocycles. The van der Waals surface area contributed by atoms with Crippen LogP contribution in [0.2, 0.25) is 0 Å². The molecule has 0 aliphatic rings. The summed E-state index contributed by atoms with van der Waals surface area (Å²) in [6.07, 6.45) is 1.10. The summed E-state index contributed by atoms with van der Waals surface area (Å²) in [5.74, 6) is -0.928. The highest BCUT2D eigenvalue weighted by atomic mass is 32.1. The van der Waals surface area contributed by atoms with Crippen molar-refractivity contribution in [1.29, 1.82) is 0 Å². The molecule has 0 heterocycles. The Hall–Kier alpha value is -2.21. The van der Waals surface area contributed by atoms with Gasteiger partial charge in [-0.15, -0.1) is 0 Å².